The van der Waals surface area contributed by atoms with Crippen LogP contribution in [0.25, 0.3) is 0 Å². The Morgan fingerprint density at radius 1 is 1.50 bits per heavy atom. The average molecular weight is 462 g/mol. The number of rotatable bonds is 5. The van der Waals surface area contributed by atoms with Crippen LogP contribution in [0.3, 0.4) is 0 Å². The Morgan fingerprint density at radius 3 is 2.69 bits per heavy atom. The molecule has 89 valence electrons. The van der Waals surface area contributed by atoms with E-state index in [2.05, 4.69) is 22.9 Å². The zero-order valence-electron chi connectivity index (χ0n) is 8.81. The minimum atomic E-state index is -0.0203. The van der Waals surface area contributed by atoms with Crippen molar-refractivity contribution in [3.63, 3.8) is 0 Å². The largest absolute Gasteiger partial charge is 1.00 e. The Kier molecular flexibility index (Phi) is 7.62. The summed E-state index contributed by atoms with van der Waals surface area (Å²) >= 11 is 3.12. The zero-order valence-corrected chi connectivity index (χ0v) is 12.9. The summed E-state index contributed by atoms with van der Waals surface area (Å²) in [6.45, 7) is 3.91. The van der Waals surface area contributed by atoms with E-state index in [0.29, 0.717) is 23.7 Å². The van der Waals surface area contributed by atoms with Gasteiger partial charge in [-0.05, 0) is 18.7 Å². The molecule has 0 bridgehead atoms. The molecule has 3 nitrogen and oxygen atoms in total. The van der Waals surface area contributed by atoms with Crippen molar-refractivity contribution in [1.82, 2.24) is 0 Å². The third kappa shape index (κ3) is 3.88. The van der Waals surface area contributed by atoms with Gasteiger partial charge in [0.1, 0.15) is 11.5 Å². The molecule has 0 aromatic heterocycles. The predicted octanol–water partition coefficient (Wildman–Crippen LogP) is 2.48. The van der Waals surface area contributed by atoms with Crippen LogP contribution in [-0.4, -0.2) is 24.8 Å². The van der Waals surface area contributed by atoms with Crippen molar-refractivity contribution in [2.45, 2.75) is 0 Å². The summed E-state index contributed by atoms with van der Waals surface area (Å²) < 4.78 is 10.3. The van der Waals surface area contributed by atoms with Crippen LogP contribution in [0, 0.1) is 6.92 Å². The molecule has 0 amide bonds. The fourth-order valence-electron chi connectivity index (χ4n) is 1.18. The van der Waals surface area contributed by atoms with E-state index in [1.165, 1.54) is 7.11 Å². The number of carbonyl (C=O) groups is 1. The van der Waals surface area contributed by atoms with Crippen LogP contribution in [0.15, 0.2) is 18.2 Å². The number of halogens is 1. The Bertz CT molecular complexity index is 355. The molecule has 0 aliphatic heterocycles. The van der Waals surface area contributed by atoms with Crippen molar-refractivity contribution in [3.05, 3.63) is 30.7 Å². The van der Waals surface area contributed by atoms with E-state index in [4.69, 9.17) is 9.47 Å². The molecule has 0 aliphatic rings. The third-order valence-corrected chi connectivity index (χ3v) is 2.37. The van der Waals surface area contributed by atoms with Gasteiger partial charge in [0.15, 0.2) is 5.78 Å². The van der Waals surface area contributed by atoms with Crippen molar-refractivity contribution in [3.8, 4) is 11.5 Å². The van der Waals surface area contributed by atoms with Crippen LogP contribution in [0.4, 0.5) is 0 Å². The third-order valence-electron chi connectivity index (χ3n) is 1.86. The first-order valence-electron chi connectivity index (χ1n) is 4.42. The molecule has 16 heavy (non-hydrogen) atoms. The van der Waals surface area contributed by atoms with Crippen LogP contribution < -0.4 is 9.47 Å². The normalized spacial score (nSPS) is 9.19. The second-order valence-corrected chi connectivity index (χ2v) is 3.33. The summed E-state index contributed by atoms with van der Waals surface area (Å²) in [5, 5.41) is 0.277. The van der Waals surface area contributed by atoms with E-state index >= 15 is 0 Å². The minimum absolute atomic E-state index is 0. The van der Waals surface area contributed by atoms with E-state index in [0.717, 1.165) is 0 Å². The van der Waals surface area contributed by atoms with Gasteiger partial charge in [0.2, 0.25) is 0 Å². The van der Waals surface area contributed by atoms with Crippen LogP contribution in [0.1, 0.15) is 10.4 Å². The molecule has 1 aromatic carbocycles. The van der Waals surface area contributed by atoms with Crippen molar-refractivity contribution < 1.29 is 34.1 Å². The number of carbonyl (C=O) groups excluding carboxylic acids is 1. The Hall–Kier alpha value is -0.394. The van der Waals surface area contributed by atoms with Gasteiger partial charge < -0.3 is 16.4 Å². The van der Waals surface area contributed by atoms with Gasteiger partial charge in [0.25, 0.3) is 0 Å². The van der Waals surface area contributed by atoms with Gasteiger partial charge in [-0.1, -0.05) is 15.9 Å². The van der Waals surface area contributed by atoms with E-state index in [-0.39, 0.29) is 30.9 Å². The second-order valence-electron chi connectivity index (χ2n) is 2.77. The van der Waals surface area contributed by atoms with Crippen molar-refractivity contribution >= 4 is 21.7 Å². The molecule has 0 atom stereocenters. The minimum Gasteiger partial charge on any atom is -0.525 e. The topological polar surface area (TPSA) is 35.5 Å². The van der Waals surface area contributed by atoms with Crippen LogP contribution in [0.2, 0.25) is 0 Å². The number of hydrogen-bond acceptors (Lipinski definition) is 3. The predicted molar refractivity (Wildman–Crippen MR) is 62.0 cm³/mol. The summed E-state index contributed by atoms with van der Waals surface area (Å²) in [7, 11) is 1.52. The first-order chi connectivity index (χ1) is 7.22. The summed E-state index contributed by atoms with van der Waals surface area (Å²) in [6, 6.07) is 5.10. The van der Waals surface area contributed by atoms with Gasteiger partial charge in [0, 0.05) is 6.07 Å². The molecule has 0 saturated heterocycles. The van der Waals surface area contributed by atoms with E-state index in [1.807, 2.05) is 0 Å². The first-order valence-corrected chi connectivity index (χ1v) is 5.54. The maximum atomic E-state index is 11.5. The van der Waals surface area contributed by atoms with Crippen molar-refractivity contribution in [2.75, 3.05) is 19.0 Å². The number of methoxy groups -OCH3 is 1. The summed E-state index contributed by atoms with van der Waals surface area (Å²) in [4.78, 5) is 11.5. The molecule has 1 aromatic rings. The summed E-state index contributed by atoms with van der Waals surface area (Å²) in [6.07, 6.45) is 0. The van der Waals surface area contributed by atoms with E-state index in [1.54, 1.807) is 18.2 Å². The molecular formula is C11H12BrO3Os. The van der Waals surface area contributed by atoms with Crippen molar-refractivity contribution in [1.29, 1.82) is 0 Å². The Balaban J connectivity index is 0.00000225. The molecule has 1 radical (unpaired) electrons. The fourth-order valence-corrected chi connectivity index (χ4v) is 1.48. The molecule has 0 heterocycles. The summed E-state index contributed by atoms with van der Waals surface area (Å²) in [5.41, 5.74) is 0.547. The molecule has 0 N–H and O–H groups in total. The number of ketones is 1. The van der Waals surface area contributed by atoms with Gasteiger partial charge >= 0.3 is 19.8 Å². The zero-order chi connectivity index (χ0) is 11.3. The molecule has 0 unspecified atom stereocenters. The molecule has 0 fully saturated rings. The standard InChI is InChI=1S/C11H12BrO3.Os/c1-3-15-8-4-5-9(10(13)7-12)11(6-8)14-2;/h4-6H,1,3,7H2,2H3;/q-1;+1. The van der Waals surface area contributed by atoms with E-state index in [9.17, 15) is 4.79 Å². The SMILES string of the molecule is [CH2-]COc1ccc(C(=O)CBr)c(OC)c1.[Os+]. The van der Waals surface area contributed by atoms with Gasteiger partial charge in [-0.2, -0.15) is 0 Å². The number of hydrogen-bond donors (Lipinski definition) is 0. The Morgan fingerprint density at radius 2 is 2.19 bits per heavy atom. The van der Waals surface area contributed by atoms with Gasteiger partial charge in [-0.25, -0.2) is 0 Å². The maximum Gasteiger partial charge on any atom is 1.00 e. The first kappa shape index (κ1) is 15.6. The quantitative estimate of drug-likeness (QED) is 0.383. The number of ether oxygens (including phenoxy) is 2. The average Bonchev–Trinajstić information content (AvgIpc) is 2.28. The Labute approximate surface area is 117 Å². The molecule has 0 spiro atoms. The second kappa shape index (κ2) is 7.81. The number of benzene rings is 1. The van der Waals surface area contributed by atoms with Gasteiger partial charge in [-0.15, -0.1) is 0 Å². The van der Waals surface area contributed by atoms with Crippen molar-refractivity contribution in [2.24, 2.45) is 0 Å². The van der Waals surface area contributed by atoms with E-state index < -0.39 is 0 Å². The summed E-state index contributed by atoms with van der Waals surface area (Å²) in [5.74, 6) is 1.14. The monoisotopic (exact) mass is 463 g/mol. The number of alkyl halides is 1. The maximum absolute atomic E-state index is 11.5. The molecular weight excluding hydrogens is 450 g/mol. The molecule has 1 rings (SSSR count). The van der Waals surface area contributed by atoms with Crippen LogP contribution in [-0.2, 0) is 19.8 Å². The molecule has 0 aliphatic carbocycles. The smallest absolute Gasteiger partial charge is 0.525 e. The number of Topliss-reactive ketones (excluding diaryl/α,β-unsaturated/α-hetero) is 1. The van der Waals surface area contributed by atoms with Crippen LogP contribution >= 0.6 is 15.9 Å². The van der Waals surface area contributed by atoms with Gasteiger partial charge in [0.05, 0.1) is 18.0 Å². The van der Waals surface area contributed by atoms with Gasteiger partial charge in [-0.3, -0.25) is 4.79 Å². The van der Waals surface area contributed by atoms with Crippen LogP contribution in [0.5, 0.6) is 11.5 Å². The molecule has 0 saturated carbocycles. The fraction of sp³-hybridized carbons (Fsp3) is 0.273. The molecule has 5 heteroatoms.